The smallest absolute Gasteiger partial charge is 0.394 e. The van der Waals surface area contributed by atoms with E-state index in [0.29, 0.717) is 130 Å². The van der Waals surface area contributed by atoms with E-state index >= 15 is 0 Å². The predicted molar refractivity (Wildman–Crippen MR) is 208 cm³/mol. The van der Waals surface area contributed by atoms with Crippen molar-refractivity contribution in [1.29, 1.82) is 0 Å². The Morgan fingerprint density at radius 3 is 1.45 bits per heavy atom. The topological polar surface area (TPSA) is 258 Å². The van der Waals surface area contributed by atoms with Crippen molar-refractivity contribution < 1.29 is 67.1 Å². The number of aliphatic hydroxyl groups is 2. The predicted octanol–water partition coefficient (Wildman–Crippen LogP) is 1.41. The number of carbonyl (C=O) groups excluding carboxylic acids is 4. The third-order valence-corrected chi connectivity index (χ3v) is 8.74. The number of nitrogens with two attached hydrogens (primary N) is 1. The Balaban J connectivity index is 4.94. The average Bonchev–Trinajstić information content (AvgIpc) is 3.15. The van der Waals surface area contributed by atoms with Crippen molar-refractivity contribution >= 4 is 31.4 Å². The molecule has 0 aromatic carbocycles. The van der Waals surface area contributed by atoms with Gasteiger partial charge < -0.3 is 59.2 Å². The monoisotopic (exact) mass is 829 g/mol. The number of carbonyl (C=O) groups is 4. The third-order valence-electron chi connectivity index (χ3n) is 8.19. The van der Waals surface area contributed by atoms with Gasteiger partial charge in [-0.15, -0.1) is 0 Å². The van der Waals surface area contributed by atoms with Crippen LogP contribution in [0.15, 0.2) is 0 Å². The van der Waals surface area contributed by atoms with Gasteiger partial charge in [-0.3, -0.25) is 23.7 Å². The maximum absolute atomic E-state index is 13.2. The largest absolute Gasteiger partial charge is 0.400 e. The molecule has 0 heterocycles. The maximum Gasteiger partial charge on any atom is 0.400 e. The van der Waals surface area contributed by atoms with Crippen LogP contribution in [0.4, 0.5) is 0 Å². The Morgan fingerprint density at radius 1 is 0.589 bits per heavy atom. The number of rotatable bonds is 39. The van der Waals surface area contributed by atoms with E-state index in [1.807, 2.05) is 0 Å². The molecular formula is C36H72N5O14P. The quantitative estimate of drug-likeness (QED) is 0.0291. The van der Waals surface area contributed by atoms with Crippen LogP contribution in [0.3, 0.4) is 0 Å². The molecule has 3 atom stereocenters. The summed E-state index contributed by atoms with van der Waals surface area (Å²) in [4.78, 5) is 63.5. The van der Waals surface area contributed by atoms with Gasteiger partial charge >= 0.3 is 7.75 Å². The van der Waals surface area contributed by atoms with Crippen molar-refractivity contribution in [2.24, 2.45) is 5.50 Å². The molecule has 0 aliphatic carbocycles. The SMILES string of the molecule is COCCCCC(=O)N(CCCNC(=O)CCCCOC(C)OCCO)CCCN(CCCNC(=O)CCCCOC(C)OCCO)C(=O)CCOP(N)(=O)O. The lowest BCUT2D eigenvalue weighted by molar-refractivity contribution is -0.137. The van der Waals surface area contributed by atoms with Crippen LogP contribution < -0.4 is 16.1 Å². The first-order valence-electron chi connectivity index (χ1n) is 19.8. The standard InChI is InChI=1S/C36H72N5O14P/c1-31(53-29-23-42)51-26-8-4-13-33(44)38-17-10-19-40(35(46)15-6-7-25-50-3)21-12-22-41(36(47)16-28-55-56(37,48)49)20-11-18-39-34(45)14-5-9-27-52-32(2)54-30-24-43/h31-32,42-43H,4-30H2,1-3H3,(H,38,44)(H,39,45)(H3,37,48,49). The van der Waals surface area contributed by atoms with Crippen molar-refractivity contribution in [3.05, 3.63) is 0 Å². The van der Waals surface area contributed by atoms with Gasteiger partial charge in [0.2, 0.25) is 23.6 Å². The van der Waals surface area contributed by atoms with Gasteiger partial charge in [0.25, 0.3) is 0 Å². The number of aliphatic hydroxyl groups excluding tert-OH is 2. The highest BCUT2D eigenvalue weighted by molar-refractivity contribution is 7.50. The molecule has 7 N–H and O–H groups in total. The number of methoxy groups -OCH3 is 1. The molecule has 0 bridgehead atoms. The van der Waals surface area contributed by atoms with E-state index < -0.39 is 20.3 Å². The normalized spacial score (nSPS) is 13.5. The van der Waals surface area contributed by atoms with Gasteiger partial charge in [0.1, 0.15) is 0 Å². The van der Waals surface area contributed by atoms with Gasteiger partial charge in [-0.25, -0.2) is 10.1 Å². The highest BCUT2D eigenvalue weighted by Crippen LogP contribution is 2.31. The maximum atomic E-state index is 13.2. The second-order valence-corrected chi connectivity index (χ2v) is 14.5. The summed E-state index contributed by atoms with van der Waals surface area (Å²) in [6.45, 7) is 6.93. The van der Waals surface area contributed by atoms with Crippen LogP contribution in [-0.4, -0.2) is 160 Å². The highest BCUT2D eigenvalue weighted by Gasteiger charge is 2.19. The second-order valence-electron chi connectivity index (χ2n) is 13.1. The zero-order valence-electron chi connectivity index (χ0n) is 34.0. The van der Waals surface area contributed by atoms with Crippen LogP contribution in [-0.2, 0) is 52.0 Å². The number of unbranched alkanes of at least 4 members (excludes halogenated alkanes) is 3. The Morgan fingerprint density at radius 2 is 1.00 bits per heavy atom. The molecule has 0 aromatic heterocycles. The number of amides is 4. The summed E-state index contributed by atoms with van der Waals surface area (Å²) in [5, 5.41) is 23.4. The fourth-order valence-electron chi connectivity index (χ4n) is 5.26. The van der Waals surface area contributed by atoms with Gasteiger partial charge in [-0.1, -0.05) is 0 Å². The van der Waals surface area contributed by atoms with Gasteiger partial charge in [-0.2, -0.15) is 0 Å². The van der Waals surface area contributed by atoms with Gasteiger partial charge in [0, 0.05) is 85.5 Å². The molecule has 0 radical (unpaired) electrons. The average molecular weight is 830 g/mol. The van der Waals surface area contributed by atoms with Crippen LogP contribution >= 0.6 is 7.75 Å². The van der Waals surface area contributed by atoms with Gasteiger partial charge in [0.05, 0.1) is 39.5 Å². The number of hydrogen-bond donors (Lipinski definition) is 6. The van der Waals surface area contributed by atoms with Crippen LogP contribution in [0.2, 0.25) is 0 Å². The molecule has 0 saturated carbocycles. The summed E-state index contributed by atoms with van der Waals surface area (Å²) in [5.41, 5.74) is 5.04. The summed E-state index contributed by atoms with van der Waals surface area (Å²) in [5.74, 6) is -0.566. The Labute approximate surface area is 333 Å². The van der Waals surface area contributed by atoms with Crippen molar-refractivity contribution in [3.63, 3.8) is 0 Å². The van der Waals surface area contributed by atoms with Crippen molar-refractivity contribution in [3.8, 4) is 0 Å². The molecule has 56 heavy (non-hydrogen) atoms. The summed E-state index contributed by atoms with van der Waals surface area (Å²) < 4.78 is 42.5. The molecule has 0 aliphatic rings. The lowest BCUT2D eigenvalue weighted by atomic mass is 10.2. The fourth-order valence-corrected chi connectivity index (χ4v) is 5.61. The summed E-state index contributed by atoms with van der Waals surface area (Å²) in [7, 11) is -2.63. The minimum absolute atomic E-state index is 0.0311. The van der Waals surface area contributed by atoms with Crippen molar-refractivity contribution in [1.82, 2.24) is 20.4 Å². The van der Waals surface area contributed by atoms with E-state index in [9.17, 15) is 28.6 Å². The van der Waals surface area contributed by atoms with Crippen molar-refractivity contribution in [2.45, 2.75) is 110 Å². The highest BCUT2D eigenvalue weighted by atomic mass is 31.2. The lowest BCUT2D eigenvalue weighted by Gasteiger charge is -2.27. The first-order valence-corrected chi connectivity index (χ1v) is 21.5. The van der Waals surface area contributed by atoms with E-state index in [1.54, 1.807) is 30.8 Å². The van der Waals surface area contributed by atoms with Gasteiger partial charge in [-0.05, 0) is 71.6 Å². The summed E-state index contributed by atoms with van der Waals surface area (Å²) in [6.07, 6.45) is 5.44. The minimum Gasteiger partial charge on any atom is -0.394 e. The molecule has 0 aromatic rings. The lowest BCUT2D eigenvalue weighted by Crippen LogP contribution is -2.39. The molecule has 19 nitrogen and oxygen atoms in total. The molecule has 20 heteroatoms. The minimum atomic E-state index is -4.24. The third kappa shape index (κ3) is 33.8. The molecule has 4 amide bonds. The van der Waals surface area contributed by atoms with E-state index in [4.69, 9.17) is 43.9 Å². The Hall–Kier alpha value is -2.29. The molecule has 3 unspecified atom stereocenters. The molecule has 0 rings (SSSR count). The Kier molecular flexibility index (Phi) is 34.4. The second kappa shape index (κ2) is 35.8. The van der Waals surface area contributed by atoms with E-state index in [-0.39, 0.29) is 63.1 Å². The molecular weight excluding hydrogens is 757 g/mol. The van der Waals surface area contributed by atoms with Crippen LogP contribution in [0, 0.1) is 0 Å². The van der Waals surface area contributed by atoms with E-state index in [1.165, 1.54) is 0 Å². The molecule has 0 spiro atoms. The van der Waals surface area contributed by atoms with E-state index in [0.717, 1.165) is 6.42 Å². The zero-order valence-corrected chi connectivity index (χ0v) is 34.9. The molecule has 330 valence electrons. The van der Waals surface area contributed by atoms with Crippen molar-refractivity contribution in [2.75, 3.05) is 99.2 Å². The first-order chi connectivity index (χ1) is 26.8. The number of ether oxygens (including phenoxy) is 5. The van der Waals surface area contributed by atoms with Crippen LogP contribution in [0.5, 0.6) is 0 Å². The fraction of sp³-hybridized carbons (Fsp3) is 0.889. The van der Waals surface area contributed by atoms with Crippen LogP contribution in [0.25, 0.3) is 0 Å². The Bertz CT molecular complexity index is 1070. The summed E-state index contributed by atoms with van der Waals surface area (Å²) >= 11 is 0. The van der Waals surface area contributed by atoms with E-state index in [2.05, 4.69) is 10.6 Å². The van der Waals surface area contributed by atoms with Crippen LogP contribution in [0.1, 0.15) is 97.3 Å². The first kappa shape index (κ1) is 53.7. The number of nitrogens with zero attached hydrogens (tertiary/aromatic N) is 2. The number of nitrogens with one attached hydrogen (secondary N) is 2. The zero-order chi connectivity index (χ0) is 41.9. The van der Waals surface area contributed by atoms with Gasteiger partial charge in [0.15, 0.2) is 12.6 Å². The summed E-state index contributed by atoms with van der Waals surface area (Å²) in [6, 6.07) is 0. The number of hydrogen-bond acceptors (Lipinski definition) is 13. The molecule has 0 fully saturated rings. The molecule has 0 saturated heterocycles. The molecule has 0 aliphatic heterocycles.